The summed E-state index contributed by atoms with van der Waals surface area (Å²) in [6.07, 6.45) is -1.45. The molecule has 9 nitrogen and oxygen atoms in total. The maximum atomic E-state index is 11.5. The second-order valence-corrected chi connectivity index (χ2v) is 4.70. The van der Waals surface area contributed by atoms with Gasteiger partial charge in [0, 0.05) is 17.3 Å². The molecule has 1 aromatic heterocycles. The summed E-state index contributed by atoms with van der Waals surface area (Å²) in [5.74, 6) is -1.33. The summed E-state index contributed by atoms with van der Waals surface area (Å²) in [6, 6.07) is 6.83. The van der Waals surface area contributed by atoms with Crippen LogP contribution in [0.5, 0.6) is 5.75 Å². The number of rotatable bonds is 5. The van der Waals surface area contributed by atoms with Crippen molar-refractivity contribution in [2.45, 2.75) is 13.2 Å². The second-order valence-electron chi connectivity index (χ2n) is 4.70. The molecule has 0 spiro atoms. The van der Waals surface area contributed by atoms with E-state index in [1.807, 2.05) is 0 Å². The van der Waals surface area contributed by atoms with Crippen molar-refractivity contribution in [1.29, 1.82) is 0 Å². The van der Waals surface area contributed by atoms with Gasteiger partial charge in [-0.2, -0.15) is 0 Å². The molecule has 1 aromatic carbocycles. The molecule has 2 amide bonds. The monoisotopic (exact) mass is 334 g/mol. The Kier molecular flexibility index (Phi) is 5.17. The predicted octanol–water partition coefficient (Wildman–Crippen LogP) is 0.858. The van der Waals surface area contributed by atoms with Gasteiger partial charge in [0.25, 0.3) is 5.91 Å². The van der Waals surface area contributed by atoms with E-state index in [1.165, 1.54) is 24.3 Å². The number of aliphatic hydroxyl groups excluding tert-OH is 1. The van der Waals surface area contributed by atoms with Crippen molar-refractivity contribution in [1.82, 2.24) is 5.32 Å². The van der Waals surface area contributed by atoms with Gasteiger partial charge in [0.15, 0.2) is 5.76 Å². The highest BCUT2D eigenvalue weighted by Crippen LogP contribution is 2.17. The summed E-state index contributed by atoms with van der Waals surface area (Å²) >= 11 is 0. The van der Waals surface area contributed by atoms with E-state index in [2.05, 4.69) is 5.32 Å². The smallest absolute Gasteiger partial charge is 0.411 e. The molecule has 0 radical (unpaired) electrons. The van der Waals surface area contributed by atoms with Crippen molar-refractivity contribution >= 4 is 17.7 Å². The van der Waals surface area contributed by atoms with E-state index in [9.17, 15) is 19.5 Å². The normalized spacial score (nSPS) is 10.2. The molecule has 0 fully saturated rings. The number of benzene rings is 1. The van der Waals surface area contributed by atoms with Crippen molar-refractivity contribution in [2.75, 3.05) is 5.32 Å². The minimum absolute atomic E-state index is 0.0234. The summed E-state index contributed by atoms with van der Waals surface area (Å²) in [5, 5.41) is 31.7. The first-order valence-electron chi connectivity index (χ1n) is 6.74. The van der Waals surface area contributed by atoms with E-state index >= 15 is 0 Å². The fourth-order valence-corrected chi connectivity index (χ4v) is 1.88. The third-order valence-electron chi connectivity index (χ3n) is 3.02. The number of hydrogen-bond acceptors (Lipinski definition) is 7. The van der Waals surface area contributed by atoms with Crippen LogP contribution >= 0.6 is 0 Å². The maximum absolute atomic E-state index is 11.5. The van der Waals surface area contributed by atoms with Crippen molar-refractivity contribution in [2.24, 2.45) is 0 Å². The van der Waals surface area contributed by atoms with E-state index < -0.39 is 29.8 Å². The third-order valence-corrected chi connectivity index (χ3v) is 3.02. The third kappa shape index (κ3) is 4.11. The number of anilines is 1. The van der Waals surface area contributed by atoms with Gasteiger partial charge in [0.2, 0.25) is 11.2 Å². The Labute approximate surface area is 135 Å². The van der Waals surface area contributed by atoms with Gasteiger partial charge in [0.1, 0.15) is 12.4 Å². The quantitative estimate of drug-likeness (QED) is 0.540. The molecule has 126 valence electrons. The minimum atomic E-state index is -1.45. The van der Waals surface area contributed by atoms with Crippen molar-refractivity contribution in [3.63, 3.8) is 0 Å². The Balaban J connectivity index is 2.08. The zero-order chi connectivity index (χ0) is 17.7. The van der Waals surface area contributed by atoms with Gasteiger partial charge < -0.3 is 25.1 Å². The lowest BCUT2D eigenvalue weighted by atomic mass is 10.2. The number of hydrogen-bond donors (Lipinski definition) is 5. The van der Waals surface area contributed by atoms with Crippen LogP contribution in [0.4, 0.5) is 10.5 Å². The van der Waals surface area contributed by atoms with Crippen molar-refractivity contribution in [3.8, 4) is 5.75 Å². The molecule has 5 N–H and O–H groups in total. The summed E-state index contributed by atoms with van der Waals surface area (Å²) in [6.45, 7) is -0.508. The lowest BCUT2D eigenvalue weighted by Gasteiger charge is -2.09. The van der Waals surface area contributed by atoms with Crippen LogP contribution in [0.25, 0.3) is 0 Å². The molecule has 2 aromatic rings. The molecular weight excluding hydrogens is 320 g/mol. The maximum Gasteiger partial charge on any atom is 0.411 e. The first kappa shape index (κ1) is 17.0. The number of carbonyl (C=O) groups excluding carboxylic acids is 1. The molecule has 0 aliphatic carbocycles. The molecule has 24 heavy (non-hydrogen) atoms. The largest absolute Gasteiger partial charge is 0.502 e. The molecule has 0 atom stereocenters. The molecule has 1 heterocycles. The average Bonchev–Trinajstić information content (AvgIpc) is 2.55. The summed E-state index contributed by atoms with van der Waals surface area (Å²) in [7, 11) is 0. The highest BCUT2D eigenvalue weighted by atomic mass is 16.4. The van der Waals surface area contributed by atoms with Crippen LogP contribution in [0, 0.1) is 0 Å². The zero-order valence-electron chi connectivity index (χ0n) is 12.3. The van der Waals surface area contributed by atoms with Crippen LogP contribution in [0.2, 0.25) is 0 Å². The number of carboxylic acid groups (broad SMARTS) is 1. The Bertz CT molecular complexity index is 812. The Morgan fingerprint density at radius 1 is 1.17 bits per heavy atom. The predicted molar refractivity (Wildman–Crippen MR) is 81.8 cm³/mol. The molecule has 0 aliphatic rings. The molecule has 2 rings (SSSR count). The number of amides is 2. The van der Waals surface area contributed by atoms with E-state index in [0.29, 0.717) is 5.69 Å². The number of aromatic hydroxyl groups is 1. The molecule has 0 saturated heterocycles. The van der Waals surface area contributed by atoms with Crippen LogP contribution in [-0.4, -0.2) is 27.3 Å². The highest BCUT2D eigenvalue weighted by Gasteiger charge is 2.11. The highest BCUT2D eigenvalue weighted by molar-refractivity contribution is 6.02. The van der Waals surface area contributed by atoms with E-state index in [4.69, 9.17) is 14.6 Å². The van der Waals surface area contributed by atoms with Crippen molar-refractivity contribution < 1.29 is 29.3 Å². The number of imide groups is 1. The summed E-state index contributed by atoms with van der Waals surface area (Å²) < 4.78 is 5.17. The van der Waals surface area contributed by atoms with E-state index in [0.717, 1.165) is 6.07 Å². The van der Waals surface area contributed by atoms with Gasteiger partial charge in [-0.1, -0.05) is 0 Å². The Hall–Kier alpha value is -3.33. The van der Waals surface area contributed by atoms with Gasteiger partial charge in [0.05, 0.1) is 6.54 Å². The molecule has 0 unspecified atom stereocenters. The first-order chi connectivity index (χ1) is 11.4. The van der Waals surface area contributed by atoms with Crippen LogP contribution < -0.4 is 16.1 Å². The number of aliphatic hydroxyl groups is 1. The van der Waals surface area contributed by atoms with Crippen LogP contribution in [0.3, 0.4) is 0 Å². The molecule has 9 heteroatoms. The lowest BCUT2D eigenvalue weighted by Crippen LogP contribution is -2.28. The SMILES string of the molecule is O=C(O)NC(=O)c1ccc(NCc2oc(CO)cc(=O)c2O)cc1. The lowest BCUT2D eigenvalue weighted by molar-refractivity contribution is 0.0948. The summed E-state index contributed by atoms with van der Waals surface area (Å²) in [5.41, 5.74) is 0.0284. The minimum Gasteiger partial charge on any atom is -0.502 e. The standard InChI is InChI=1S/C15H14N2O7/c18-7-10-5-11(19)13(20)12(24-10)6-16-9-3-1-8(2-4-9)14(21)17-15(22)23/h1-5,16,18,20H,6-7H2,(H,17,21)(H,22,23). The Morgan fingerprint density at radius 3 is 2.42 bits per heavy atom. The molecule has 0 aliphatic heterocycles. The molecular formula is C15H14N2O7. The fourth-order valence-electron chi connectivity index (χ4n) is 1.88. The van der Waals surface area contributed by atoms with Crippen LogP contribution in [0.1, 0.15) is 21.9 Å². The average molecular weight is 334 g/mol. The van der Waals surface area contributed by atoms with E-state index in [1.54, 1.807) is 5.32 Å². The van der Waals surface area contributed by atoms with Crippen molar-refractivity contribution in [3.05, 3.63) is 57.6 Å². The van der Waals surface area contributed by atoms with E-state index in [-0.39, 0.29) is 23.6 Å². The van der Waals surface area contributed by atoms with Gasteiger partial charge in [-0.3, -0.25) is 14.9 Å². The fraction of sp³-hybridized carbons (Fsp3) is 0.133. The topological polar surface area (TPSA) is 149 Å². The second kappa shape index (κ2) is 7.29. The Morgan fingerprint density at radius 2 is 1.83 bits per heavy atom. The zero-order valence-corrected chi connectivity index (χ0v) is 12.3. The van der Waals surface area contributed by atoms with Gasteiger partial charge in [-0.15, -0.1) is 0 Å². The number of nitrogens with one attached hydrogen (secondary N) is 2. The summed E-state index contributed by atoms with van der Waals surface area (Å²) in [4.78, 5) is 33.4. The number of carbonyl (C=O) groups is 2. The first-order valence-corrected chi connectivity index (χ1v) is 6.74. The van der Waals surface area contributed by atoms with Crippen LogP contribution in [0.15, 0.2) is 39.5 Å². The van der Waals surface area contributed by atoms with Gasteiger partial charge in [-0.05, 0) is 24.3 Å². The van der Waals surface area contributed by atoms with Gasteiger partial charge in [-0.25, -0.2) is 4.79 Å². The van der Waals surface area contributed by atoms with Gasteiger partial charge >= 0.3 is 6.09 Å². The molecule has 0 bridgehead atoms. The van der Waals surface area contributed by atoms with Crippen LogP contribution in [-0.2, 0) is 13.2 Å². The molecule has 0 saturated carbocycles.